The average molecular weight is 293 g/mol. The first-order valence-electron chi connectivity index (χ1n) is 5.92. The van der Waals surface area contributed by atoms with Crippen LogP contribution < -0.4 is 4.74 Å². The fourth-order valence-corrected chi connectivity index (χ4v) is 1.98. The second-order valence-corrected chi connectivity index (χ2v) is 4.73. The van der Waals surface area contributed by atoms with Crippen molar-refractivity contribution in [2.75, 3.05) is 0 Å². The second kappa shape index (κ2) is 5.84. The van der Waals surface area contributed by atoms with E-state index in [0.29, 0.717) is 16.9 Å². The molecule has 0 heterocycles. The van der Waals surface area contributed by atoms with Crippen LogP contribution in [0.4, 0.5) is 0 Å². The van der Waals surface area contributed by atoms with Crippen LogP contribution in [0.1, 0.15) is 21.5 Å². The number of hydrogen-bond donors (Lipinski definition) is 2. The summed E-state index contributed by atoms with van der Waals surface area (Å²) in [7, 11) is 0. The van der Waals surface area contributed by atoms with Gasteiger partial charge >= 0.3 is 5.97 Å². The van der Waals surface area contributed by atoms with Gasteiger partial charge in [0, 0.05) is 11.6 Å². The Bertz CT molecular complexity index is 652. The lowest BCUT2D eigenvalue weighted by molar-refractivity contribution is 0.0694. The Morgan fingerprint density at radius 2 is 2.00 bits per heavy atom. The number of aryl methyl sites for hydroxylation is 1. The molecule has 0 atom stereocenters. The van der Waals surface area contributed by atoms with Crippen LogP contribution >= 0.6 is 11.6 Å². The van der Waals surface area contributed by atoms with Gasteiger partial charge in [0.05, 0.1) is 10.6 Å². The molecule has 0 fully saturated rings. The Hall–Kier alpha value is -2.20. The van der Waals surface area contributed by atoms with Crippen LogP contribution in [0.3, 0.4) is 0 Å². The third kappa shape index (κ3) is 3.03. The highest BCUT2D eigenvalue weighted by molar-refractivity contribution is 6.32. The van der Waals surface area contributed by atoms with E-state index in [1.54, 1.807) is 31.2 Å². The summed E-state index contributed by atoms with van der Waals surface area (Å²) in [6.45, 7) is 1.82. The van der Waals surface area contributed by atoms with Gasteiger partial charge in [-0.15, -0.1) is 0 Å². The van der Waals surface area contributed by atoms with Crippen molar-refractivity contribution in [2.24, 2.45) is 0 Å². The summed E-state index contributed by atoms with van der Waals surface area (Å²) >= 11 is 5.97. The van der Waals surface area contributed by atoms with Crippen LogP contribution in [0.2, 0.25) is 5.02 Å². The van der Waals surface area contributed by atoms with Crippen molar-refractivity contribution in [2.45, 2.75) is 13.5 Å². The van der Waals surface area contributed by atoms with E-state index in [-0.39, 0.29) is 22.9 Å². The predicted octanol–water partition coefficient (Wildman–Crippen LogP) is 3.63. The van der Waals surface area contributed by atoms with Crippen LogP contribution in [0.25, 0.3) is 0 Å². The van der Waals surface area contributed by atoms with Gasteiger partial charge in [-0.25, -0.2) is 4.79 Å². The van der Waals surface area contributed by atoms with E-state index < -0.39 is 5.97 Å². The maximum Gasteiger partial charge on any atom is 0.336 e. The molecule has 0 amide bonds. The summed E-state index contributed by atoms with van der Waals surface area (Å²) in [5.74, 6) is -0.507. The number of hydrogen-bond acceptors (Lipinski definition) is 3. The van der Waals surface area contributed by atoms with Gasteiger partial charge in [0.1, 0.15) is 18.1 Å². The van der Waals surface area contributed by atoms with Gasteiger partial charge in [-0.2, -0.15) is 0 Å². The summed E-state index contributed by atoms with van der Waals surface area (Å²) in [5, 5.41) is 18.9. The van der Waals surface area contributed by atoms with E-state index in [9.17, 15) is 9.90 Å². The largest absolute Gasteiger partial charge is 0.508 e. The van der Waals surface area contributed by atoms with Gasteiger partial charge in [0.25, 0.3) is 0 Å². The number of benzene rings is 2. The lowest BCUT2D eigenvalue weighted by atomic mass is 10.1. The maximum absolute atomic E-state index is 11.1. The molecule has 2 rings (SSSR count). The molecule has 2 aromatic rings. The first-order valence-corrected chi connectivity index (χ1v) is 6.30. The molecule has 5 heteroatoms. The number of phenols is 1. The molecular weight excluding hydrogens is 280 g/mol. The van der Waals surface area contributed by atoms with Crippen molar-refractivity contribution >= 4 is 17.6 Å². The van der Waals surface area contributed by atoms with Gasteiger partial charge < -0.3 is 14.9 Å². The number of carboxylic acids is 1. The van der Waals surface area contributed by atoms with E-state index >= 15 is 0 Å². The molecule has 4 nitrogen and oxygen atoms in total. The topological polar surface area (TPSA) is 66.8 Å². The number of halogens is 1. The summed E-state index contributed by atoms with van der Waals surface area (Å²) in [6.07, 6.45) is 0. The molecule has 0 saturated carbocycles. The number of ether oxygens (including phenoxy) is 1. The van der Waals surface area contributed by atoms with E-state index in [2.05, 4.69) is 0 Å². The molecule has 104 valence electrons. The van der Waals surface area contributed by atoms with Crippen LogP contribution in [0, 0.1) is 6.92 Å². The summed E-state index contributed by atoms with van der Waals surface area (Å²) in [6, 6.07) is 9.62. The first kappa shape index (κ1) is 14.2. The van der Waals surface area contributed by atoms with Gasteiger partial charge in [0.15, 0.2) is 0 Å². The molecule has 0 spiro atoms. The monoisotopic (exact) mass is 292 g/mol. The Labute approximate surface area is 121 Å². The van der Waals surface area contributed by atoms with E-state index in [1.807, 2.05) is 0 Å². The Morgan fingerprint density at radius 1 is 1.30 bits per heavy atom. The molecule has 2 aromatic carbocycles. The van der Waals surface area contributed by atoms with Crippen molar-refractivity contribution in [3.8, 4) is 11.5 Å². The molecule has 0 aliphatic heterocycles. The molecule has 0 unspecified atom stereocenters. The lowest BCUT2D eigenvalue weighted by Gasteiger charge is -2.11. The third-order valence-corrected chi connectivity index (χ3v) is 3.18. The zero-order valence-corrected chi connectivity index (χ0v) is 11.5. The fourth-order valence-electron chi connectivity index (χ4n) is 1.77. The average Bonchev–Trinajstić information content (AvgIpc) is 2.41. The number of phenolic OH excluding ortho intramolecular Hbond substituents is 1. The van der Waals surface area contributed by atoms with Crippen LogP contribution in [-0.4, -0.2) is 16.2 Å². The SMILES string of the molecule is Cc1cc(OCc2ccccc2C(=O)O)c(Cl)cc1O. The molecule has 0 aromatic heterocycles. The van der Waals surface area contributed by atoms with Crippen molar-refractivity contribution in [3.63, 3.8) is 0 Å². The summed E-state index contributed by atoms with van der Waals surface area (Å²) in [4.78, 5) is 11.1. The normalized spacial score (nSPS) is 10.3. The smallest absolute Gasteiger partial charge is 0.336 e. The first-order chi connectivity index (χ1) is 9.49. The summed E-state index contributed by atoms with van der Waals surface area (Å²) < 4.78 is 5.54. The fraction of sp³-hybridized carbons (Fsp3) is 0.133. The second-order valence-electron chi connectivity index (χ2n) is 4.32. The van der Waals surface area contributed by atoms with Gasteiger partial charge in [0.2, 0.25) is 0 Å². The zero-order chi connectivity index (χ0) is 14.7. The molecule has 20 heavy (non-hydrogen) atoms. The van der Waals surface area contributed by atoms with Crippen LogP contribution in [0.5, 0.6) is 11.5 Å². The number of rotatable bonds is 4. The highest BCUT2D eigenvalue weighted by Gasteiger charge is 2.11. The summed E-state index contributed by atoms with van der Waals surface area (Å²) in [5.41, 5.74) is 1.39. The molecule has 2 N–H and O–H groups in total. The van der Waals surface area contributed by atoms with Gasteiger partial charge in [-0.3, -0.25) is 0 Å². The molecular formula is C15H13ClO4. The highest BCUT2D eigenvalue weighted by Crippen LogP contribution is 2.32. The Kier molecular flexibility index (Phi) is 4.15. The highest BCUT2D eigenvalue weighted by atomic mass is 35.5. The molecule has 0 saturated heterocycles. The third-order valence-electron chi connectivity index (χ3n) is 2.88. The van der Waals surface area contributed by atoms with Crippen molar-refractivity contribution in [1.82, 2.24) is 0 Å². The van der Waals surface area contributed by atoms with E-state index in [1.165, 1.54) is 12.1 Å². The minimum absolute atomic E-state index is 0.0897. The molecule has 0 bridgehead atoms. The van der Waals surface area contributed by atoms with Crippen molar-refractivity contribution in [3.05, 3.63) is 58.1 Å². The van der Waals surface area contributed by atoms with Crippen LogP contribution in [-0.2, 0) is 6.61 Å². The number of carbonyl (C=O) groups is 1. The van der Waals surface area contributed by atoms with Gasteiger partial charge in [-0.1, -0.05) is 29.8 Å². The lowest BCUT2D eigenvalue weighted by Crippen LogP contribution is -2.05. The zero-order valence-electron chi connectivity index (χ0n) is 10.8. The maximum atomic E-state index is 11.1. The van der Waals surface area contributed by atoms with Gasteiger partial charge in [-0.05, 0) is 24.6 Å². The number of aromatic hydroxyl groups is 1. The predicted molar refractivity (Wildman–Crippen MR) is 75.6 cm³/mol. The standard InChI is InChI=1S/C15H13ClO4/c1-9-6-14(12(16)7-13(9)17)20-8-10-4-2-3-5-11(10)15(18)19/h2-7,17H,8H2,1H3,(H,18,19). The number of carboxylic acid groups (broad SMARTS) is 1. The van der Waals surface area contributed by atoms with E-state index in [4.69, 9.17) is 21.4 Å². The Balaban J connectivity index is 2.21. The minimum Gasteiger partial charge on any atom is -0.508 e. The van der Waals surface area contributed by atoms with Crippen LogP contribution in [0.15, 0.2) is 36.4 Å². The molecule has 0 aliphatic rings. The minimum atomic E-state index is -1.00. The van der Waals surface area contributed by atoms with E-state index in [0.717, 1.165) is 0 Å². The number of aromatic carboxylic acids is 1. The van der Waals surface area contributed by atoms with Crippen molar-refractivity contribution in [1.29, 1.82) is 0 Å². The Morgan fingerprint density at radius 3 is 2.70 bits per heavy atom. The molecule has 0 aliphatic carbocycles. The molecule has 0 radical (unpaired) electrons. The van der Waals surface area contributed by atoms with Crippen molar-refractivity contribution < 1.29 is 19.7 Å². The quantitative estimate of drug-likeness (QED) is 0.903.